The number of unbranched alkanes of at least 4 members (excludes halogenated alkanes) is 1. The Kier molecular flexibility index (Phi) is 18.5. The molecule has 0 aromatic heterocycles. The molecule has 13 nitrogen and oxygen atoms in total. The first-order chi connectivity index (χ1) is 28.9. The number of carbonyl (C=O) groups excluding carboxylic acids is 5. The lowest BCUT2D eigenvalue weighted by Crippen LogP contribution is -2.45. The maximum Gasteiger partial charge on any atom is 0.226 e. The largest absolute Gasteiger partial charge is 0.492 e. The molecule has 0 saturated heterocycles. The van der Waals surface area contributed by atoms with Gasteiger partial charge in [-0.2, -0.15) is 5.26 Å². The topological polar surface area (TPSA) is 221 Å². The van der Waals surface area contributed by atoms with E-state index in [0.717, 1.165) is 19.3 Å². The lowest BCUT2D eigenvalue weighted by molar-refractivity contribution is -0.143. The minimum absolute atomic E-state index is 0.0245. The third kappa shape index (κ3) is 13.1. The molecule has 1 aliphatic rings. The van der Waals surface area contributed by atoms with Gasteiger partial charge in [0.2, 0.25) is 17.6 Å². The number of nitrogens with zero attached hydrogens (tertiary/aromatic N) is 2. The van der Waals surface area contributed by atoms with Crippen molar-refractivity contribution < 1.29 is 33.4 Å². The Hall–Kier alpha value is -5.86. The van der Waals surface area contributed by atoms with Crippen LogP contribution < -0.4 is 32.0 Å². The number of likely N-dealkylation sites (N-methyl/N-ethyl adjacent to an activating group) is 1. The number of fused-ring (bicyclic) bond motifs is 5. The summed E-state index contributed by atoms with van der Waals surface area (Å²) in [6.45, 7) is 4.63. The van der Waals surface area contributed by atoms with Crippen LogP contribution in [0.4, 0.5) is 0 Å². The molecule has 0 spiro atoms. The molecule has 3 aromatic carbocycles. The molecular formula is C47H58N6O7. The molecule has 0 fully saturated rings. The van der Waals surface area contributed by atoms with Gasteiger partial charge in [-0.1, -0.05) is 50.5 Å². The van der Waals surface area contributed by atoms with Crippen molar-refractivity contribution in [1.82, 2.24) is 10.2 Å². The molecule has 4 atom stereocenters. The normalized spacial score (nSPS) is 16.9. The van der Waals surface area contributed by atoms with E-state index in [1.165, 1.54) is 17.5 Å². The van der Waals surface area contributed by atoms with Gasteiger partial charge in [0.05, 0.1) is 12.1 Å². The summed E-state index contributed by atoms with van der Waals surface area (Å²) >= 11 is 0. The summed E-state index contributed by atoms with van der Waals surface area (Å²) in [6.07, 6.45) is 2.81. The molecule has 4 bridgehead atoms. The van der Waals surface area contributed by atoms with E-state index in [0.29, 0.717) is 39.3 Å². The second-order valence-electron chi connectivity index (χ2n) is 15.1. The van der Waals surface area contributed by atoms with Gasteiger partial charge in [0.1, 0.15) is 30.8 Å². The zero-order valence-corrected chi connectivity index (χ0v) is 35.0. The average Bonchev–Trinajstić information content (AvgIpc) is 3.25. The van der Waals surface area contributed by atoms with E-state index >= 15 is 0 Å². The van der Waals surface area contributed by atoms with Crippen molar-refractivity contribution in [2.45, 2.75) is 83.7 Å². The van der Waals surface area contributed by atoms with Crippen molar-refractivity contribution in [2.75, 3.05) is 39.9 Å². The van der Waals surface area contributed by atoms with Crippen molar-refractivity contribution in [3.8, 4) is 40.5 Å². The highest BCUT2D eigenvalue weighted by atomic mass is 16.5. The predicted octanol–water partition coefficient (Wildman–Crippen LogP) is 4.36. The first kappa shape index (κ1) is 46.8. The summed E-state index contributed by atoms with van der Waals surface area (Å²) < 4.78 is 12.2. The maximum absolute atomic E-state index is 14.6. The van der Waals surface area contributed by atoms with E-state index < -0.39 is 47.3 Å². The highest BCUT2D eigenvalue weighted by Gasteiger charge is 2.36. The van der Waals surface area contributed by atoms with Gasteiger partial charge in [-0.05, 0) is 91.2 Å². The molecule has 3 aromatic rings. The Bertz CT molecular complexity index is 2080. The molecule has 0 aliphatic carbocycles. The highest BCUT2D eigenvalue weighted by Crippen LogP contribution is 2.41. The molecule has 13 heteroatoms. The average molecular weight is 819 g/mol. The van der Waals surface area contributed by atoms with Crippen LogP contribution >= 0.6 is 0 Å². The number of hydrogen-bond acceptors (Lipinski definition) is 11. The van der Waals surface area contributed by atoms with E-state index in [1.807, 2.05) is 36.4 Å². The molecule has 318 valence electrons. The molecule has 2 amide bonds. The van der Waals surface area contributed by atoms with E-state index in [9.17, 15) is 29.2 Å². The third-order valence-corrected chi connectivity index (χ3v) is 10.4. The minimum Gasteiger partial charge on any atom is -0.492 e. The van der Waals surface area contributed by atoms with Gasteiger partial charge in [0, 0.05) is 74.3 Å². The van der Waals surface area contributed by atoms with Crippen molar-refractivity contribution in [1.29, 1.82) is 5.26 Å². The monoisotopic (exact) mass is 818 g/mol. The number of carbonyl (C=O) groups is 5. The number of hydrogen-bond donors (Lipinski definition) is 4. The number of nitrogens with one attached hydrogen (secondary N) is 1. The van der Waals surface area contributed by atoms with Crippen LogP contribution in [-0.4, -0.2) is 80.0 Å². The molecule has 4 rings (SSSR count). The van der Waals surface area contributed by atoms with Crippen molar-refractivity contribution in [3.05, 3.63) is 82.9 Å². The SMILES string of the molecule is CCCCc1ccc(C#CC(=O)C[C@@H](CCN)C(=O)N(C)[C@@H]2C(=O)C[C@@H](C)C(=O)N[C@H](C(=O)CCC#N)Cc3ccc(OCCN)c(c3)-c3cc2ccc3OCCN)cc1. The van der Waals surface area contributed by atoms with Crippen LogP contribution in [-0.2, 0) is 36.8 Å². The van der Waals surface area contributed by atoms with E-state index in [4.69, 9.17) is 26.7 Å². The number of amides is 2. The van der Waals surface area contributed by atoms with Gasteiger partial charge in [0.25, 0.3) is 0 Å². The van der Waals surface area contributed by atoms with Gasteiger partial charge < -0.3 is 36.9 Å². The molecule has 1 aliphatic heterocycles. The zero-order chi connectivity index (χ0) is 43.6. The Morgan fingerprint density at radius 3 is 2.22 bits per heavy atom. The summed E-state index contributed by atoms with van der Waals surface area (Å²) in [4.78, 5) is 70.7. The van der Waals surface area contributed by atoms with Crippen LogP contribution in [0, 0.1) is 35.0 Å². The molecule has 0 radical (unpaired) electrons. The molecule has 7 N–H and O–H groups in total. The summed E-state index contributed by atoms with van der Waals surface area (Å²) in [5, 5.41) is 12.0. The van der Waals surface area contributed by atoms with E-state index in [1.54, 1.807) is 37.3 Å². The number of rotatable bonds is 18. The highest BCUT2D eigenvalue weighted by molar-refractivity contribution is 6.00. The number of Topliss-reactive ketones (excluding diaryl/α,β-unsaturated/α-hetero) is 3. The first-order valence-corrected chi connectivity index (χ1v) is 20.7. The van der Waals surface area contributed by atoms with Gasteiger partial charge >= 0.3 is 0 Å². The number of nitrogens with two attached hydrogens (primary N) is 3. The Balaban J connectivity index is 1.80. The maximum atomic E-state index is 14.6. The zero-order valence-electron chi connectivity index (χ0n) is 35.0. The van der Waals surface area contributed by atoms with Crippen LogP contribution in [0.5, 0.6) is 11.5 Å². The first-order valence-electron chi connectivity index (χ1n) is 20.7. The van der Waals surface area contributed by atoms with Crippen molar-refractivity contribution in [2.24, 2.45) is 29.0 Å². The summed E-state index contributed by atoms with van der Waals surface area (Å²) in [6, 6.07) is 18.0. The van der Waals surface area contributed by atoms with Gasteiger partial charge in [0.15, 0.2) is 11.6 Å². The van der Waals surface area contributed by atoms with Crippen LogP contribution in [0.2, 0.25) is 0 Å². The van der Waals surface area contributed by atoms with Crippen molar-refractivity contribution in [3.63, 3.8) is 0 Å². The summed E-state index contributed by atoms with van der Waals surface area (Å²) in [5.41, 5.74) is 21.7. The fourth-order valence-corrected chi connectivity index (χ4v) is 7.19. The third-order valence-electron chi connectivity index (χ3n) is 10.4. The van der Waals surface area contributed by atoms with Crippen LogP contribution in [0.3, 0.4) is 0 Å². The standard InChI is InChI=1S/C47H58N6O7/c1-4-5-7-32-9-11-33(12-10-32)13-16-37(54)29-36(19-21-49)47(58)53(3)45-35-15-18-44(60-25-23-51)39(30-35)38-27-34(14-17-43(38)59-24-22-50)28-40(41(55)8-6-20-48)52-46(57)31(2)26-42(45)56/h9-12,14-15,17-18,27,30-31,36,40,45H,4-8,19,21-26,28-29,49-51H2,1-3H3,(H,52,57)/t31-,36-,40+,45+/m1/s1. The number of aryl methyl sites for hydroxylation is 1. The molecule has 60 heavy (non-hydrogen) atoms. The number of nitriles is 1. The second-order valence-corrected chi connectivity index (χ2v) is 15.1. The van der Waals surface area contributed by atoms with Gasteiger partial charge in [-0.25, -0.2) is 0 Å². The van der Waals surface area contributed by atoms with E-state index in [2.05, 4.69) is 24.1 Å². The van der Waals surface area contributed by atoms with Gasteiger partial charge in [-0.15, -0.1) is 0 Å². The van der Waals surface area contributed by atoms with Crippen LogP contribution in [0.25, 0.3) is 11.1 Å². The smallest absolute Gasteiger partial charge is 0.226 e. The summed E-state index contributed by atoms with van der Waals surface area (Å²) in [7, 11) is 1.50. The lowest BCUT2D eigenvalue weighted by Gasteiger charge is -2.32. The lowest BCUT2D eigenvalue weighted by atomic mass is 9.88. The Morgan fingerprint density at radius 2 is 1.58 bits per heavy atom. The summed E-state index contributed by atoms with van der Waals surface area (Å²) in [5.74, 6) is 2.43. The quantitative estimate of drug-likeness (QED) is 0.132. The number of ether oxygens (including phenoxy) is 2. The van der Waals surface area contributed by atoms with Crippen LogP contribution in [0.15, 0.2) is 60.7 Å². The molecule has 1 heterocycles. The minimum atomic E-state index is -1.21. The fourth-order valence-electron chi connectivity index (χ4n) is 7.19. The Morgan fingerprint density at radius 1 is 0.917 bits per heavy atom. The van der Waals surface area contributed by atoms with Crippen LogP contribution in [0.1, 0.15) is 87.1 Å². The number of benzene rings is 3. The molecular weight excluding hydrogens is 761 g/mol. The Labute approximate surface area is 353 Å². The molecule has 0 saturated carbocycles. The second kappa shape index (κ2) is 23.7. The predicted molar refractivity (Wildman–Crippen MR) is 229 cm³/mol. The number of ketones is 3. The molecule has 0 unspecified atom stereocenters. The fraction of sp³-hybridized carbons (Fsp3) is 0.447. The van der Waals surface area contributed by atoms with Crippen molar-refractivity contribution >= 4 is 29.2 Å². The van der Waals surface area contributed by atoms with E-state index in [-0.39, 0.29) is 77.2 Å². The van der Waals surface area contributed by atoms with Gasteiger partial charge in [-0.3, -0.25) is 24.0 Å².